The maximum atomic E-state index is 13.5. The number of methoxy groups -OCH3 is 1. The maximum Gasteiger partial charge on any atom is 0.319 e. The Bertz CT molecular complexity index is 842. The number of anilines is 1. The van der Waals surface area contributed by atoms with E-state index in [2.05, 4.69) is 29.4 Å². The highest BCUT2D eigenvalue weighted by atomic mass is 16.5. The smallest absolute Gasteiger partial charge is 0.319 e. The van der Waals surface area contributed by atoms with Crippen LogP contribution in [0.1, 0.15) is 63.2 Å². The lowest BCUT2D eigenvalue weighted by Crippen LogP contribution is -2.47. The van der Waals surface area contributed by atoms with Gasteiger partial charge in [-0.3, -0.25) is 9.69 Å². The second-order valence-corrected chi connectivity index (χ2v) is 10.3. The molecular formula is C27H44N4O4. The lowest BCUT2D eigenvalue weighted by molar-refractivity contribution is 0.00814. The summed E-state index contributed by atoms with van der Waals surface area (Å²) in [6.45, 7) is 9.95. The molecule has 1 heterocycles. The van der Waals surface area contributed by atoms with Gasteiger partial charge in [-0.25, -0.2) is 4.79 Å². The van der Waals surface area contributed by atoms with Crippen LogP contribution in [-0.2, 0) is 4.74 Å². The lowest BCUT2D eigenvalue weighted by Gasteiger charge is -2.37. The van der Waals surface area contributed by atoms with Crippen molar-refractivity contribution >= 4 is 17.6 Å². The van der Waals surface area contributed by atoms with E-state index < -0.39 is 0 Å². The molecule has 0 unspecified atom stereocenters. The van der Waals surface area contributed by atoms with Crippen LogP contribution in [0.3, 0.4) is 0 Å². The van der Waals surface area contributed by atoms with Gasteiger partial charge in [-0.15, -0.1) is 0 Å². The van der Waals surface area contributed by atoms with E-state index in [-0.39, 0.29) is 30.0 Å². The van der Waals surface area contributed by atoms with E-state index in [4.69, 9.17) is 9.47 Å². The molecule has 0 spiro atoms. The number of urea groups is 1. The number of nitrogens with zero attached hydrogens (tertiary/aromatic N) is 2. The first kappa shape index (κ1) is 27.3. The van der Waals surface area contributed by atoms with Gasteiger partial charge in [-0.05, 0) is 56.2 Å². The zero-order chi connectivity index (χ0) is 25.4. The molecule has 35 heavy (non-hydrogen) atoms. The first-order valence-electron chi connectivity index (χ1n) is 13.2. The van der Waals surface area contributed by atoms with Gasteiger partial charge >= 0.3 is 6.03 Å². The summed E-state index contributed by atoms with van der Waals surface area (Å²) in [5.41, 5.74) is 1.00. The van der Waals surface area contributed by atoms with Crippen molar-refractivity contribution in [3.8, 4) is 5.75 Å². The van der Waals surface area contributed by atoms with Gasteiger partial charge in [0.1, 0.15) is 12.4 Å². The molecule has 1 saturated carbocycles. The van der Waals surface area contributed by atoms with E-state index >= 15 is 0 Å². The van der Waals surface area contributed by atoms with Crippen LogP contribution in [-0.4, -0.2) is 80.8 Å². The van der Waals surface area contributed by atoms with Gasteiger partial charge < -0.3 is 25.0 Å². The summed E-state index contributed by atoms with van der Waals surface area (Å²) in [6, 6.07) is 5.19. The number of hydrogen-bond acceptors (Lipinski definition) is 5. The molecule has 1 aliphatic heterocycles. The molecule has 3 atom stereocenters. The Hall–Kier alpha value is -2.32. The van der Waals surface area contributed by atoms with E-state index in [0.717, 1.165) is 25.4 Å². The second-order valence-electron chi connectivity index (χ2n) is 10.3. The van der Waals surface area contributed by atoms with E-state index in [1.165, 1.54) is 25.7 Å². The molecule has 0 radical (unpaired) electrons. The Balaban J connectivity index is 1.86. The van der Waals surface area contributed by atoms with Crippen LogP contribution in [0.4, 0.5) is 10.5 Å². The zero-order valence-electron chi connectivity index (χ0n) is 22.1. The van der Waals surface area contributed by atoms with Gasteiger partial charge in [0.2, 0.25) is 0 Å². The monoisotopic (exact) mass is 488 g/mol. The van der Waals surface area contributed by atoms with E-state index in [1.807, 2.05) is 6.92 Å². The molecular weight excluding hydrogens is 444 g/mol. The zero-order valence-corrected chi connectivity index (χ0v) is 22.1. The standard InChI is InChI=1S/C27H44N4O4/c1-6-13-28-27(33)29-22-11-12-24-23(14-22)26(32)30(4)17-25(34-5)19(2)15-31(20(3)18-35-24)16-21-9-7-8-10-21/h11-12,14,19-21,25H,6-10,13,15-18H2,1-5H3,(H2,28,29,33)/t19-,20-,25+/m0/s1. The number of ether oxygens (including phenoxy) is 2. The third-order valence-corrected chi connectivity index (χ3v) is 7.33. The predicted molar refractivity (Wildman–Crippen MR) is 139 cm³/mol. The number of rotatable bonds is 6. The van der Waals surface area contributed by atoms with Crippen molar-refractivity contribution in [2.24, 2.45) is 11.8 Å². The molecule has 1 aliphatic carbocycles. The van der Waals surface area contributed by atoms with Crippen LogP contribution in [0, 0.1) is 11.8 Å². The summed E-state index contributed by atoms with van der Waals surface area (Å²) in [4.78, 5) is 29.9. The number of benzene rings is 1. The SMILES string of the molecule is CCCNC(=O)Nc1ccc2c(c1)C(=O)N(C)C[C@@H](OC)[C@@H](C)CN(CC1CCCC1)[C@@H](C)CO2. The minimum Gasteiger partial charge on any atom is -0.491 e. The molecule has 3 rings (SSSR count). The molecule has 1 fully saturated rings. The molecule has 1 aromatic carbocycles. The van der Waals surface area contributed by atoms with Gasteiger partial charge in [0, 0.05) is 52.1 Å². The molecule has 0 saturated heterocycles. The quantitative estimate of drug-likeness (QED) is 0.627. The van der Waals surface area contributed by atoms with E-state index in [1.54, 1.807) is 37.3 Å². The number of likely N-dealkylation sites (N-methyl/N-ethyl adjacent to an activating group) is 1. The summed E-state index contributed by atoms with van der Waals surface area (Å²) < 4.78 is 12.1. The fourth-order valence-corrected chi connectivity index (χ4v) is 5.12. The lowest BCUT2D eigenvalue weighted by atomic mass is 9.99. The average Bonchev–Trinajstić information content (AvgIpc) is 3.36. The molecule has 0 bridgehead atoms. The van der Waals surface area contributed by atoms with Crippen LogP contribution < -0.4 is 15.4 Å². The highest BCUT2D eigenvalue weighted by Crippen LogP contribution is 2.29. The van der Waals surface area contributed by atoms with Crippen molar-refractivity contribution in [1.82, 2.24) is 15.1 Å². The Morgan fingerprint density at radius 1 is 1.20 bits per heavy atom. The van der Waals surface area contributed by atoms with Crippen LogP contribution in [0.15, 0.2) is 18.2 Å². The normalized spacial score (nSPS) is 24.8. The third kappa shape index (κ3) is 7.58. The molecule has 1 aromatic rings. The first-order chi connectivity index (χ1) is 16.8. The summed E-state index contributed by atoms with van der Waals surface area (Å²) in [5, 5.41) is 5.62. The Kier molecular flexibility index (Phi) is 10.2. The van der Waals surface area contributed by atoms with E-state index in [0.29, 0.717) is 36.7 Å². The maximum absolute atomic E-state index is 13.5. The number of carbonyl (C=O) groups excluding carboxylic acids is 2. The van der Waals surface area contributed by atoms with Gasteiger partial charge in [0.05, 0.1) is 11.7 Å². The van der Waals surface area contributed by atoms with Crippen molar-refractivity contribution < 1.29 is 19.1 Å². The van der Waals surface area contributed by atoms with Gasteiger partial charge in [0.15, 0.2) is 0 Å². The topological polar surface area (TPSA) is 83.1 Å². The highest BCUT2D eigenvalue weighted by Gasteiger charge is 2.30. The van der Waals surface area contributed by atoms with Gasteiger partial charge in [0.25, 0.3) is 5.91 Å². The molecule has 8 heteroatoms. The van der Waals surface area contributed by atoms with Crippen LogP contribution in [0.5, 0.6) is 5.75 Å². The average molecular weight is 489 g/mol. The molecule has 2 aliphatic rings. The van der Waals surface area contributed by atoms with Crippen molar-refractivity contribution in [1.29, 1.82) is 0 Å². The largest absolute Gasteiger partial charge is 0.491 e. The van der Waals surface area contributed by atoms with Crippen LogP contribution in [0.2, 0.25) is 0 Å². The summed E-state index contributed by atoms with van der Waals surface area (Å²) >= 11 is 0. The number of carbonyl (C=O) groups is 2. The minimum absolute atomic E-state index is 0.0767. The molecule has 8 nitrogen and oxygen atoms in total. The Morgan fingerprint density at radius 3 is 2.63 bits per heavy atom. The van der Waals surface area contributed by atoms with E-state index in [9.17, 15) is 9.59 Å². The van der Waals surface area contributed by atoms with Crippen molar-refractivity contribution in [3.63, 3.8) is 0 Å². The van der Waals surface area contributed by atoms with Gasteiger partial charge in [-0.1, -0.05) is 26.7 Å². The number of fused-ring (bicyclic) bond motifs is 1. The molecule has 0 aromatic heterocycles. The molecule has 3 amide bonds. The summed E-state index contributed by atoms with van der Waals surface area (Å²) in [5.74, 6) is 1.38. The Labute approximate surface area is 210 Å². The summed E-state index contributed by atoms with van der Waals surface area (Å²) in [6.07, 6.45) is 6.03. The third-order valence-electron chi connectivity index (χ3n) is 7.33. The number of amides is 3. The minimum atomic E-state index is -0.286. The summed E-state index contributed by atoms with van der Waals surface area (Å²) in [7, 11) is 3.52. The molecule has 2 N–H and O–H groups in total. The van der Waals surface area contributed by atoms with Crippen molar-refractivity contribution in [3.05, 3.63) is 23.8 Å². The first-order valence-corrected chi connectivity index (χ1v) is 13.2. The molecule has 196 valence electrons. The van der Waals surface area contributed by atoms with Gasteiger partial charge in [-0.2, -0.15) is 0 Å². The van der Waals surface area contributed by atoms with Crippen molar-refractivity contribution in [2.45, 2.75) is 65.0 Å². The Morgan fingerprint density at radius 2 is 1.94 bits per heavy atom. The predicted octanol–water partition coefficient (Wildman–Crippen LogP) is 4.21. The highest BCUT2D eigenvalue weighted by molar-refractivity contribution is 5.99. The number of hydrogen-bond donors (Lipinski definition) is 2. The van der Waals surface area contributed by atoms with Crippen LogP contribution >= 0.6 is 0 Å². The fraction of sp³-hybridized carbons (Fsp3) is 0.704. The van der Waals surface area contributed by atoms with Crippen molar-refractivity contribution in [2.75, 3.05) is 52.3 Å². The fourth-order valence-electron chi connectivity index (χ4n) is 5.12. The number of nitrogens with one attached hydrogen (secondary N) is 2. The van der Waals surface area contributed by atoms with Crippen LogP contribution in [0.25, 0.3) is 0 Å². The second kappa shape index (κ2) is 13.1.